The Balaban J connectivity index is 1.88. The summed E-state index contributed by atoms with van der Waals surface area (Å²) in [5.74, 6) is 0.0520. The number of hydrogen-bond donors (Lipinski definition) is 1. The van der Waals surface area contributed by atoms with Crippen LogP contribution in [0.3, 0.4) is 0 Å². The summed E-state index contributed by atoms with van der Waals surface area (Å²) in [7, 11) is 0. The summed E-state index contributed by atoms with van der Waals surface area (Å²) in [5, 5.41) is 3.13. The highest BCUT2D eigenvalue weighted by Crippen LogP contribution is 2.21. The zero-order chi connectivity index (χ0) is 18.6. The lowest BCUT2D eigenvalue weighted by Gasteiger charge is -2.39. The minimum Gasteiger partial charge on any atom is -0.462 e. The third-order valence-electron chi connectivity index (χ3n) is 3.42. The van der Waals surface area contributed by atoms with Crippen molar-refractivity contribution < 1.29 is 19.1 Å². The first-order valence-electron chi connectivity index (χ1n) is 8.11. The van der Waals surface area contributed by atoms with Gasteiger partial charge in [-0.1, -0.05) is 0 Å². The van der Waals surface area contributed by atoms with Gasteiger partial charge < -0.3 is 19.7 Å². The van der Waals surface area contributed by atoms with E-state index in [1.54, 1.807) is 11.8 Å². The molecule has 0 bridgehead atoms. The number of carbonyl (C=O) groups is 2. The molecule has 0 atom stereocenters. The maximum atomic E-state index is 11.9. The number of hydrogen-bond acceptors (Lipinski definition) is 7. The van der Waals surface area contributed by atoms with Crippen molar-refractivity contribution >= 4 is 29.5 Å². The molecule has 8 nitrogen and oxygen atoms in total. The smallest absolute Gasteiger partial charge is 0.410 e. The molecule has 1 saturated heterocycles. The summed E-state index contributed by atoms with van der Waals surface area (Å²) >= 11 is 5.80. The number of halogens is 1. The number of carbonyl (C=O) groups excluding carboxylic acids is 2. The van der Waals surface area contributed by atoms with E-state index in [-0.39, 0.29) is 29.5 Å². The zero-order valence-electron chi connectivity index (χ0n) is 14.8. The van der Waals surface area contributed by atoms with Gasteiger partial charge in [0.2, 0.25) is 5.28 Å². The van der Waals surface area contributed by atoms with E-state index in [0.717, 1.165) is 0 Å². The molecule has 0 unspecified atom stereocenters. The van der Waals surface area contributed by atoms with Gasteiger partial charge in [-0.25, -0.2) is 14.6 Å². The molecule has 1 aliphatic heterocycles. The second kappa shape index (κ2) is 7.86. The largest absolute Gasteiger partial charge is 0.462 e. The standard InChI is InChI=1S/C16H23ClN4O4/c1-5-24-13(22)11-7-19-14(17)20-12(11)18-6-10-8-21(9-10)15(23)25-16(2,3)4/h7,10H,5-6,8-9H2,1-4H3,(H,18,19,20). The summed E-state index contributed by atoms with van der Waals surface area (Å²) in [6.45, 7) is 9.18. The zero-order valence-corrected chi connectivity index (χ0v) is 15.6. The van der Waals surface area contributed by atoms with Crippen LogP contribution in [-0.4, -0.2) is 58.8 Å². The molecule has 1 aromatic rings. The van der Waals surface area contributed by atoms with Crippen molar-refractivity contribution in [2.75, 3.05) is 31.6 Å². The molecule has 0 aromatic carbocycles. The maximum absolute atomic E-state index is 11.9. The Morgan fingerprint density at radius 2 is 2.08 bits per heavy atom. The monoisotopic (exact) mass is 370 g/mol. The van der Waals surface area contributed by atoms with Gasteiger partial charge in [-0.05, 0) is 39.3 Å². The van der Waals surface area contributed by atoms with E-state index in [4.69, 9.17) is 21.1 Å². The molecule has 1 fully saturated rings. The number of amides is 1. The van der Waals surface area contributed by atoms with Crippen molar-refractivity contribution in [2.45, 2.75) is 33.3 Å². The first kappa shape index (κ1) is 19.2. The van der Waals surface area contributed by atoms with Crippen LogP contribution in [0.1, 0.15) is 38.1 Å². The van der Waals surface area contributed by atoms with Crippen molar-refractivity contribution in [1.29, 1.82) is 0 Å². The van der Waals surface area contributed by atoms with Crippen LogP contribution in [0.2, 0.25) is 5.28 Å². The molecule has 1 aliphatic rings. The average molecular weight is 371 g/mol. The fourth-order valence-corrected chi connectivity index (χ4v) is 2.40. The van der Waals surface area contributed by atoms with Crippen LogP contribution in [-0.2, 0) is 9.47 Å². The Hall–Kier alpha value is -2.09. The molecule has 0 spiro atoms. The highest BCUT2D eigenvalue weighted by atomic mass is 35.5. The van der Waals surface area contributed by atoms with Crippen LogP contribution in [0, 0.1) is 5.92 Å². The highest BCUT2D eigenvalue weighted by Gasteiger charge is 2.33. The molecule has 9 heteroatoms. The van der Waals surface area contributed by atoms with Crippen LogP contribution in [0.5, 0.6) is 0 Å². The molecule has 0 aliphatic carbocycles. The van der Waals surface area contributed by atoms with Gasteiger partial charge in [-0.3, -0.25) is 0 Å². The van der Waals surface area contributed by atoms with Gasteiger partial charge >= 0.3 is 12.1 Å². The first-order chi connectivity index (χ1) is 11.7. The topological polar surface area (TPSA) is 93.6 Å². The molecule has 2 rings (SSSR count). The van der Waals surface area contributed by atoms with E-state index < -0.39 is 11.6 Å². The van der Waals surface area contributed by atoms with Gasteiger partial charge in [0, 0.05) is 31.7 Å². The number of ether oxygens (including phenoxy) is 2. The Labute approximate surface area is 151 Å². The normalized spacial score (nSPS) is 14.7. The average Bonchev–Trinajstić information content (AvgIpc) is 2.43. The fourth-order valence-electron chi connectivity index (χ4n) is 2.27. The Kier molecular flexibility index (Phi) is 6.05. The molecule has 2 heterocycles. The van der Waals surface area contributed by atoms with Gasteiger partial charge in [0.05, 0.1) is 6.61 Å². The quantitative estimate of drug-likeness (QED) is 0.628. The van der Waals surface area contributed by atoms with Crippen LogP contribution in [0.25, 0.3) is 0 Å². The second-order valence-corrected chi connectivity index (χ2v) is 7.09. The fraction of sp³-hybridized carbons (Fsp3) is 0.625. The molecule has 138 valence electrons. The molecular formula is C16H23ClN4O4. The third-order valence-corrected chi connectivity index (χ3v) is 3.60. The Morgan fingerprint density at radius 3 is 2.68 bits per heavy atom. The van der Waals surface area contributed by atoms with Gasteiger partial charge in [0.15, 0.2) is 0 Å². The molecule has 0 saturated carbocycles. The SMILES string of the molecule is CCOC(=O)c1cnc(Cl)nc1NCC1CN(C(=O)OC(C)(C)C)C1. The van der Waals surface area contributed by atoms with E-state index in [1.165, 1.54) is 6.20 Å². The number of esters is 1. The predicted octanol–water partition coefficient (Wildman–Crippen LogP) is 2.59. The van der Waals surface area contributed by atoms with Crippen LogP contribution in [0.15, 0.2) is 6.20 Å². The molecule has 25 heavy (non-hydrogen) atoms. The molecule has 1 aromatic heterocycles. The molecular weight excluding hydrogens is 348 g/mol. The number of anilines is 1. The number of aromatic nitrogens is 2. The summed E-state index contributed by atoms with van der Waals surface area (Å²) in [6.07, 6.45) is 1.02. The van der Waals surface area contributed by atoms with Crippen molar-refractivity contribution in [3.8, 4) is 0 Å². The van der Waals surface area contributed by atoms with Crippen molar-refractivity contribution in [3.05, 3.63) is 17.0 Å². The van der Waals surface area contributed by atoms with Crippen molar-refractivity contribution in [2.24, 2.45) is 5.92 Å². The van der Waals surface area contributed by atoms with E-state index in [9.17, 15) is 9.59 Å². The van der Waals surface area contributed by atoms with Crippen LogP contribution < -0.4 is 5.32 Å². The van der Waals surface area contributed by atoms with E-state index in [0.29, 0.717) is 25.5 Å². The lowest BCUT2D eigenvalue weighted by Crippen LogP contribution is -2.53. The van der Waals surface area contributed by atoms with E-state index in [1.807, 2.05) is 20.8 Å². The van der Waals surface area contributed by atoms with Gasteiger partial charge in [0.1, 0.15) is 17.0 Å². The summed E-state index contributed by atoms with van der Waals surface area (Å²) < 4.78 is 10.3. The number of rotatable bonds is 5. The summed E-state index contributed by atoms with van der Waals surface area (Å²) in [6, 6.07) is 0. The maximum Gasteiger partial charge on any atom is 0.410 e. The predicted molar refractivity (Wildman–Crippen MR) is 92.8 cm³/mol. The van der Waals surface area contributed by atoms with Crippen LogP contribution in [0.4, 0.5) is 10.6 Å². The minimum absolute atomic E-state index is 0.0412. The highest BCUT2D eigenvalue weighted by molar-refractivity contribution is 6.28. The lowest BCUT2D eigenvalue weighted by molar-refractivity contribution is 0.000835. The van der Waals surface area contributed by atoms with Crippen LogP contribution >= 0.6 is 11.6 Å². The second-order valence-electron chi connectivity index (χ2n) is 6.75. The summed E-state index contributed by atoms with van der Waals surface area (Å²) in [4.78, 5) is 33.3. The molecule has 0 radical (unpaired) electrons. The number of nitrogens with zero attached hydrogens (tertiary/aromatic N) is 3. The molecule has 1 amide bonds. The Morgan fingerprint density at radius 1 is 1.40 bits per heavy atom. The van der Waals surface area contributed by atoms with Gasteiger partial charge in [-0.15, -0.1) is 0 Å². The Bertz CT molecular complexity index is 642. The third kappa shape index (κ3) is 5.45. The van der Waals surface area contributed by atoms with Crippen molar-refractivity contribution in [1.82, 2.24) is 14.9 Å². The van der Waals surface area contributed by atoms with Gasteiger partial charge in [0.25, 0.3) is 0 Å². The lowest BCUT2D eigenvalue weighted by atomic mass is 10.0. The molecule has 1 N–H and O–H groups in total. The van der Waals surface area contributed by atoms with Gasteiger partial charge in [-0.2, -0.15) is 4.98 Å². The summed E-state index contributed by atoms with van der Waals surface area (Å²) in [5.41, 5.74) is -0.276. The van der Waals surface area contributed by atoms with E-state index >= 15 is 0 Å². The van der Waals surface area contributed by atoms with E-state index in [2.05, 4.69) is 15.3 Å². The number of likely N-dealkylation sites (tertiary alicyclic amines) is 1. The van der Waals surface area contributed by atoms with Crippen molar-refractivity contribution in [3.63, 3.8) is 0 Å². The minimum atomic E-state index is -0.509. The first-order valence-corrected chi connectivity index (χ1v) is 8.49. The number of nitrogens with one attached hydrogen (secondary N) is 1.